The highest BCUT2D eigenvalue weighted by Crippen LogP contribution is 2.44. The number of carbonyl (C=O) groups is 2. The zero-order valence-electron chi connectivity index (χ0n) is 21.6. The molecule has 2 aliphatic rings. The summed E-state index contributed by atoms with van der Waals surface area (Å²) in [6, 6.07) is 20.3. The van der Waals surface area contributed by atoms with E-state index in [-0.39, 0.29) is 24.0 Å². The fourth-order valence-corrected chi connectivity index (χ4v) is 5.66. The summed E-state index contributed by atoms with van der Waals surface area (Å²) in [4.78, 5) is 45.4. The Morgan fingerprint density at radius 3 is 2.23 bits per heavy atom. The van der Waals surface area contributed by atoms with Crippen molar-refractivity contribution in [3.05, 3.63) is 94.5 Å². The predicted molar refractivity (Wildman–Crippen MR) is 149 cm³/mol. The van der Waals surface area contributed by atoms with Gasteiger partial charge in [0.25, 0.3) is 5.56 Å². The molecule has 3 aromatic carbocycles. The third-order valence-electron chi connectivity index (χ3n) is 7.80. The van der Waals surface area contributed by atoms with E-state index in [1.807, 2.05) is 30.3 Å². The van der Waals surface area contributed by atoms with Crippen LogP contribution in [0.5, 0.6) is 0 Å². The minimum atomic E-state index is -1.41. The summed E-state index contributed by atoms with van der Waals surface area (Å²) in [5.74, 6) is -1.31. The minimum absolute atomic E-state index is 0.000506. The number of carboxylic acid groups (broad SMARTS) is 1. The lowest BCUT2D eigenvalue weighted by Gasteiger charge is -2.35. The number of nitrogens with zero attached hydrogens (tertiary/aromatic N) is 4. The highest BCUT2D eigenvalue weighted by Gasteiger charge is 2.30. The van der Waals surface area contributed by atoms with Crippen LogP contribution in [0.4, 0.5) is 10.5 Å². The fraction of sp³-hybridized carbons (Fsp3) is 0.267. The second-order valence-electron chi connectivity index (χ2n) is 9.97. The van der Waals surface area contributed by atoms with E-state index in [1.165, 1.54) is 22.3 Å². The van der Waals surface area contributed by atoms with Crippen LogP contribution in [0, 0.1) is 0 Å². The molecule has 10 nitrogen and oxygen atoms in total. The molecule has 0 saturated carbocycles. The smallest absolute Gasteiger partial charge is 0.409 e. The van der Waals surface area contributed by atoms with Crippen LogP contribution in [0.15, 0.2) is 77.9 Å². The molecular weight excluding hydrogens is 512 g/mol. The number of ether oxygens (including phenoxy) is 1. The zero-order chi connectivity index (χ0) is 27.8. The number of aliphatic hydroxyl groups excluding tert-OH is 1. The quantitative estimate of drug-likeness (QED) is 0.382. The maximum absolute atomic E-state index is 13.0. The Morgan fingerprint density at radius 2 is 1.60 bits per heavy atom. The van der Waals surface area contributed by atoms with Crippen molar-refractivity contribution in [2.75, 3.05) is 44.3 Å². The number of hydrogen-bond acceptors (Lipinski definition) is 7. The largest absolute Gasteiger partial charge is 0.480 e. The molecule has 1 fully saturated rings. The van der Waals surface area contributed by atoms with E-state index in [9.17, 15) is 24.6 Å². The SMILES string of the molecule is O=C(O)C(CO)n1cnc2ccc(N3CCN(C(=O)OCC4c5ccccc5-c5ccccc54)CC3)cc2c1=O. The van der Waals surface area contributed by atoms with E-state index in [4.69, 9.17) is 4.74 Å². The molecule has 4 aromatic rings. The van der Waals surface area contributed by atoms with Gasteiger partial charge in [0.2, 0.25) is 0 Å². The van der Waals surface area contributed by atoms with Crippen LogP contribution in [0.2, 0.25) is 0 Å². The summed E-state index contributed by atoms with van der Waals surface area (Å²) in [5, 5.41) is 19.0. The number of rotatable bonds is 6. The Kier molecular flexibility index (Phi) is 6.69. The predicted octanol–water partition coefficient (Wildman–Crippen LogP) is 3.09. The van der Waals surface area contributed by atoms with Crippen molar-refractivity contribution in [1.82, 2.24) is 14.5 Å². The second-order valence-corrected chi connectivity index (χ2v) is 9.97. The van der Waals surface area contributed by atoms with Crippen molar-refractivity contribution in [3.63, 3.8) is 0 Å². The van der Waals surface area contributed by atoms with Gasteiger partial charge in [-0.05, 0) is 40.5 Å². The van der Waals surface area contributed by atoms with Gasteiger partial charge in [0.1, 0.15) is 6.61 Å². The second kappa shape index (κ2) is 10.5. The molecule has 0 radical (unpaired) electrons. The topological polar surface area (TPSA) is 125 Å². The minimum Gasteiger partial charge on any atom is -0.480 e. The first-order valence-electron chi connectivity index (χ1n) is 13.2. The molecule has 1 unspecified atom stereocenters. The van der Waals surface area contributed by atoms with Crippen LogP contribution in [0.25, 0.3) is 22.0 Å². The summed E-state index contributed by atoms with van der Waals surface area (Å²) in [6.07, 6.45) is 0.794. The zero-order valence-corrected chi connectivity index (χ0v) is 21.6. The molecule has 0 spiro atoms. The van der Waals surface area contributed by atoms with E-state index in [2.05, 4.69) is 34.1 Å². The van der Waals surface area contributed by atoms with Crippen LogP contribution in [0.1, 0.15) is 23.1 Å². The molecule has 1 aromatic heterocycles. The van der Waals surface area contributed by atoms with E-state index in [0.717, 1.165) is 16.6 Å². The van der Waals surface area contributed by atoms with E-state index in [1.54, 1.807) is 17.0 Å². The molecular formula is C30H28N4O6. The molecule has 40 heavy (non-hydrogen) atoms. The van der Waals surface area contributed by atoms with Crippen LogP contribution >= 0.6 is 0 Å². The molecule has 204 valence electrons. The number of aliphatic carboxylic acids is 1. The van der Waals surface area contributed by atoms with E-state index < -0.39 is 24.2 Å². The monoisotopic (exact) mass is 540 g/mol. The summed E-state index contributed by atoms with van der Waals surface area (Å²) in [6.45, 7) is 1.54. The van der Waals surface area contributed by atoms with Gasteiger partial charge in [-0.2, -0.15) is 0 Å². The van der Waals surface area contributed by atoms with Gasteiger partial charge in [0.05, 0.1) is 23.8 Å². The first-order valence-corrected chi connectivity index (χ1v) is 13.2. The summed E-state index contributed by atoms with van der Waals surface area (Å²) < 4.78 is 6.74. The maximum Gasteiger partial charge on any atom is 0.409 e. The first-order chi connectivity index (χ1) is 19.5. The number of carbonyl (C=O) groups excluding carboxylic acids is 1. The molecule has 2 heterocycles. The molecule has 1 atom stereocenters. The highest BCUT2D eigenvalue weighted by molar-refractivity contribution is 5.82. The Morgan fingerprint density at radius 1 is 0.950 bits per heavy atom. The number of benzene rings is 3. The number of fused-ring (bicyclic) bond motifs is 4. The van der Waals surface area contributed by atoms with Crippen molar-refractivity contribution < 1.29 is 24.5 Å². The van der Waals surface area contributed by atoms with Crippen molar-refractivity contribution in [2.45, 2.75) is 12.0 Å². The Bertz CT molecular complexity index is 1610. The Balaban J connectivity index is 1.12. The normalized spacial score (nSPS) is 15.5. The van der Waals surface area contributed by atoms with Crippen LogP contribution in [-0.4, -0.2) is 76.1 Å². The summed E-state index contributed by atoms with van der Waals surface area (Å²) >= 11 is 0. The Labute approximate surface area is 229 Å². The van der Waals surface area contributed by atoms with Gasteiger partial charge >= 0.3 is 12.1 Å². The third kappa shape index (κ3) is 4.46. The number of aromatic nitrogens is 2. The maximum atomic E-state index is 13.0. The van der Waals surface area contributed by atoms with Gasteiger partial charge in [-0.3, -0.25) is 9.36 Å². The van der Waals surface area contributed by atoms with Crippen molar-refractivity contribution >= 4 is 28.7 Å². The number of hydrogen-bond donors (Lipinski definition) is 2. The van der Waals surface area contributed by atoms with E-state index >= 15 is 0 Å². The average Bonchev–Trinajstić information content (AvgIpc) is 3.31. The van der Waals surface area contributed by atoms with Crippen molar-refractivity contribution in [3.8, 4) is 11.1 Å². The lowest BCUT2D eigenvalue weighted by molar-refractivity contribution is -0.142. The molecule has 1 aliphatic heterocycles. The lowest BCUT2D eigenvalue weighted by atomic mass is 9.98. The molecule has 1 aliphatic carbocycles. The molecule has 0 bridgehead atoms. The summed E-state index contributed by atoms with van der Waals surface area (Å²) in [5.41, 5.74) is 5.36. The van der Waals surface area contributed by atoms with Gasteiger partial charge < -0.3 is 24.7 Å². The lowest BCUT2D eigenvalue weighted by Crippen LogP contribution is -2.49. The van der Waals surface area contributed by atoms with Gasteiger partial charge in [-0.15, -0.1) is 0 Å². The van der Waals surface area contributed by atoms with Gasteiger partial charge in [0.15, 0.2) is 6.04 Å². The molecule has 6 rings (SSSR count). The number of amides is 1. The molecule has 10 heteroatoms. The van der Waals surface area contributed by atoms with Crippen LogP contribution in [-0.2, 0) is 9.53 Å². The standard InChI is InChI=1S/C30H28N4O6/c35-16-27(29(37)38)34-18-31-26-10-9-19(15-24(26)28(34)36)32-11-13-33(14-12-32)30(39)40-17-25-22-7-3-1-5-20(22)21-6-2-4-8-23(21)25/h1-10,15,18,25,27,35H,11-14,16-17H2,(H,37,38). The third-order valence-corrected chi connectivity index (χ3v) is 7.80. The number of piperazine rings is 1. The number of aliphatic hydroxyl groups is 1. The van der Waals surface area contributed by atoms with Crippen LogP contribution in [0.3, 0.4) is 0 Å². The molecule has 2 N–H and O–H groups in total. The highest BCUT2D eigenvalue weighted by atomic mass is 16.6. The molecule has 1 saturated heterocycles. The number of anilines is 1. The number of carboxylic acids is 1. The fourth-order valence-electron chi connectivity index (χ4n) is 5.66. The van der Waals surface area contributed by atoms with Gasteiger partial charge in [0, 0.05) is 37.8 Å². The summed E-state index contributed by atoms with van der Waals surface area (Å²) in [7, 11) is 0. The Hall–Kier alpha value is -4.70. The average molecular weight is 541 g/mol. The first kappa shape index (κ1) is 25.6. The van der Waals surface area contributed by atoms with Gasteiger partial charge in [-0.1, -0.05) is 48.5 Å². The molecule has 1 amide bonds. The van der Waals surface area contributed by atoms with Gasteiger partial charge in [-0.25, -0.2) is 14.6 Å². The van der Waals surface area contributed by atoms with Crippen molar-refractivity contribution in [2.24, 2.45) is 0 Å². The van der Waals surface area contributed by atoms with Crippen molar-refractivity contribution in [1.29, 1.82) is 0 Å². The van der Waals surface area contributed by atoms with E-state index in [0.29, 0.717) is 31.7 Å². The van der Waals surface area contributed by atoms with Crippen LogP contribution < -0.4 is 10.5 Å².